The second kappa shape index (κ2) is 6.45. The Hall–Kier alpha value is -1.29. The standard InChI is InChI=1S/C17H12BrCl2NO/c1-22-11-7-5-10(6-8-11)9-12-16(19)15-13(18)3-2-4-14(15)21-17(12)20/h2-8H,9H2,1H3. The van der Waals surface area contributed by atoms with E-state index in [9.17, 15) is 0 Å². The second-order valence-electron chi connectivity index (χ2n) is 4.85. The fraction of sp³-hybridized carbons (Fsp3) is 0.118. The first-order valence-electron chi connectivity index (χ1n) is 6.65. The van der Waals surface area contributed by atoms with Crippen molar-refractivity contribution < 1.29 is 4.74 Å². The number of hydrogen-bond acceptors (Lipinski definition) is 2. The van der Waals surface area contributed by atoms with Gasteiger partial charge in [-0.3, -0.25) is 0 Å². The summed E-state index contributed by atoms with van der Waals surface area (Å²) in [5, 5.41) is 1.96. The Balaban J connectivity index is 2.08. The van der Waals surface area contributed by atoms with Gasteiger partial charge in [0.05, 0.1) is 17.6 Å². The lowest BCUT2D eigenvalue weighted by Crippen LogP contribution is -1.96. The molecule has 0 aliphatic carbocycles. The van der Waals surface area contributed by atoms with Crippen molar-refractivity contribution in [3.63, 3.8) is 0 Å². The van der Waals surface area contributed by atoms with Crippen molar-refractivity contribution in [1.82, 2.24) is 4.98 Å². The minimum atomic E-state index is 0.436. The van der Waals surface area contributed by atoms with Gasteiger partial charge in [0.1, 0.15) is 10.9 Å². The lowest BCUT2D eigenvalue weighted by atomic mass is 10.0. The van der Waals surface area contributed by atoms with E-state index < -0.39 is 0 Å². The van der Waals surface area contributed by atoms with Crippen LogP contribution in [0.2, 0.25) is 10.2 Å². The van der Waals surface area contributed by atoms with Gasteiger partial charge in [-0.25, -0.2) is 4.98 Å². The molecule has 22 heavy (non-hydrogen) atoms. The number of ether oxygens (including phenoxy) is 1. The smallest absolute Gasteiger partial charge is 0.134 e. The molecule has 0 amide bonds. The molecule has 3 rings (SSSR count). The number of aromatic nitrogens is 1. The van der Waals surface area contributed by atoms with Crippen LogP contribution in [0.1, 0.15) is 11.1 Å². The van der Waals surface area contributed by atoms with Gasteiger partial charge < -0.3 is 4.74 Å². The lowest BCUT2D eigenvalue weighted by Gasteiger charge is -2.11. The summed E-state index contributed by atoms with van der Waals surface area (Å²) in [5.41, 5.74) is 2.70. The number of hydrogen-bond donors (Lipinski definition) is 0. The Morgan fingerprint density at radius 1 is 1.09 bits per heavy atom. The van der Waals surface area contributed by atoms with Crippen LogP contribution in [-0.2, 0) is 6.42 Å². The van der Waals surface area contributed by atoms with E-state index >= 15 is 0 Å². The number of pyridine rings is 1. The van der Waals surface area contributed by atoms with Crippen molar-refractivity contribution in [3.05, 3.63) is 68.2 Å². The first-order chi connectivity index (χ1) is 10.6. The van der Waals surface area contributed by atoms with Gasteiger partial charge in [-0.15, -0.1) is 0 Å². The molecule has 1 aromatic heterocycles. The molecule has 2 aromatic carbocycles. The number of halogens is 3. The first kappa shape index (κ1) is 15.6. The molecule has 0 N–H and O–H groups in total. The summed E-state index contributed by atoms with van der Waals surface area (Å²) < 4.78 is 6.08. The van der Waals surface area contributed by atoms with Crippen LogP contribution in [0.4, 0.5) is 0 Å². The molecular weight excluding hydrogens is 385 g/mol. The van der Waals surface area contributed by atoms with Crippen molar-refractivity contribution in [2.45, 2.75) is 6.42 Å². The van der Waals surface area contributed by atoms with Gasteiger partial charge in [0.2, 0.25) is 0 Å². The highest BCUT2D eigenvalue weighted by Gasteiger charge is 2.15. The molecule has 0 atom stereocenters. The molecule has 0 saturated heterocycles. The number of benzene rings is 2. The summed E-state index contributed by atoms with van der Waals surface area (Å²) in [6.45, 7) is 0. The molecule has 112 valence electrons. The first-order valence-corrected chi connectivity index (χ1v) is 8.20. The Morgan fingerprint density at radius 2 is 1.82 bits per heavy atom. The zero-order chi connectivity index (χ0) is 15.7. The predicted molar refractivity (Wildman–Crippen MR) is 95.3 cm³/mol. The largest absolute Gasteiger partial charge is 0.497 e. The normalized spacial score (nSPS) is 10.9. The summed E-state index contributed by atoms with van der Waals surface area (Å²) in [4.78, 5) is 4.45. The van der Waals surface area contributed by atoms with E-state index in [1.807, 2.05) is 42.5 Å². The third-order valence-electron chi connectivity index (χ3n) is 3.48. The fourth-order valence-corrected chi connectivity index (χ4v) is 3.66. The second-order valence-corrected chi connectivity index (χ2v) is 6.44. The summed E-state index contributed by atoms with van der Waals surface area (Å²) in [6.07, 6.45) is 0.617. The molecular formula is C17H12BrCl2NO. The lowest BCUT2D eigenvalue weighted by molar-refractivity contribution is 0.414. The Kier molecular flexibility index (Phi) is 4.57. The molecule has 1 heterocycles. The molecule has 5 heteroatoms. The molecule has 0 spiro atoms. The Bertz CT molecular complexity index is 834. The molecule has 0 bridgehead atoms. The highest BCUT2D eigenvalue weighted by Crippen LogP contribution is 2.36. The van der Waals surface area contributed by atoms with E-state index in [2.05, 4.69) is 20.9 Å². The van der Waals surface area contributed by atoms with Crippen molar-refractivity contribution in [2.75, 3.05) is 7.11 Å². The number of methoxy groups -OCH3 is 1. The highest BCUT2D eigenvalue weighted by atomic mass is 79.9. The van der Waals surface area contributed by atoms with Crippen LogP contribution in [0.15, 0.2) is 46.9 Å². The highest BCUT2D eigenvalue weighted by molar-refractivity contribution is 9.10. The summed E-state index contributed by atoms with van der Waals surface area (Å²) in [7, 11) is 1.65. The summed E-state index contributed by atoms with van der Waals surface area (Å²) in [6, 6.07) is 13.6. The van der Waals surface area contributed by atoms with Gasteiger partial charge >= 0.3 is 0 Å². The molecule has 0 aliphatic heterocycles. The Labute approximate surface area is 147 Å². The third-order valence-corrected chi connectivity index (χ3v) is 4.87. The predicted octanol–water partition coefficient (Wildman–Crippen LogP) is 5.90. The number of nitrogens with zero attached hydrogens (tertiary/aromatic N) is 1. The van der Waals surface area contributed by atoms with Gasteiger partial charge in [0.25, 0.3) is 0 Å². The quantitative estimate of drug-likeness (QED) is 0.514. The van der Waals surface area contributed by atoms with E-state index in [0.717, 1.165) is 32.3 Å². The fourth-order valence-electron chi connectivity index (χ4n) is 2.34. The van der Waals surface area contributed by atoms with Gasteiger partial charge in [-0.2, -0.15) is 0 Å². The van der Waals surface area contributed by atoms with E-state index in [1.54, 1.807) is 7.11 Å². The van der Waals surface area contributed by atoms with Crippen LogP contribution in [0.25, 0.3) is 10.9 Å². The Morgan fingerprint density at radius 3 is 2.50 bits per heavy atom. The molecule has 0 radical (unpaired) electrons. The molecule has 3 aromatic rings. The van der Waals surface area contributed by atoms with Crippen LogP contribution >= 0.6 is 39.1 Å². The number of rotatable bonds is 3. The molecule has 0 saturated carbocycles. The van der Waals surface area contributed by atoms with Crippen LogP contribution < -0.4 is 4.74 Å². The summed E-state index contributed by atoms with van der Waals surface area (Å²) in [5.74, 6) is 0.820. The number of fused-ring (bicyclic) bond motifs is 1. The van der Waals surface area contributed by atoms with Crippen LogP contribution in [0.3, 0.4) is 0 Å². The van der Waals surface area contributed by atoms with Crippen molar-refractivity contribution >= 4 is 50.0 Å². The van der Waals surface area contributed by atoms with E-state index in [-0.39, 0.29) is 0 Å². The van der Waals surface area contributed by atoms with Crippen molar-refractivity contribution in [2.24, 2.45) is 0 Å². The van der Waals surface area contributed by atoms with Gasteiger partial charge in [0, 0.05) is 21.8 Å². The minimum absolute atomic E-state index is 0.436. The van der Waals surface area contributed by atoms with Crippen LogP contribution in [-0.4, -0.2) is 12.1 Å². The average molecular weight is 397 g/mol. The molecule has 0 fully saturated rings. The van der Waals surface area contributed by atoms with E-state index in [4.69, 9.17) is 27.9 Å². The topological polar surface area (TPSA) is 22.1 Å². The maximum absolute atomic E-state index is 6.58. The zero-order valence-electron chi connectivity index (χ0n) is 11.7. The monoisotopic (exact) mass is 395 g/mol. The molecule has 0 aliphatic rings. The maximum atomic E-state index is 6.58. The maximum Gasteiger partial charge on any atom is 0.134 e. The molecule has 0 unspecified atom stereocenters. The van der Waals surface area contributed by atoms with Gasteiger partial charge in [0.15, 0.2) is 0 Å². The van der Waals surface area contributed by atoms with E-state index in [1.165, 1.54) is 0 Å². The SMILES string of the molecule is COc1ccc(Cc2c(Cl)nc3cccc(Br)c3c2Cl)cc1. The third kappa shape index (κ3) is 2.94. The van der Waals surface area contributed by atoms with Gasteiger partial charge in [-0.05, 0) is 29.8 Å². The van der Waals surface area contributed by atoms with Crippen LogP contribution in [0, 0.1) is 0 Å². The van der Waals surface area contributed by atoms with Crippen molar-refractivity contribution in [3.8, 4) is 5.75 Å². The summed E-state index contributed by atoms with van der Waals surface area (Å²) >= 11 is 16.4. The average Bonchev–Trinajstić information content (AvgIpc) is 2.52. The van der Waals surface area contributed by atoms with E-state index in [0.29, 0.717) is 16.6 Å². The molecule has 2 nitrogen and oxygen atoms in total. The van der Waals surface area contributed by atoms with Crippen LogP contribution in [0.5, 0.6) is 5.75 Å². The zero-order valence-corrected chi connectivity index (χ0v) is 14.8. The minimum Gasteiger partial charge on any atom is -0.497 e. The van der Waals surface area contributed by atoms with Crippen molar-refractivity contribution in [1.29, 1.82) is 0 Å². The van der Waals surface area contributed by atoms with Gasteiger partial charge in [-0.1, -0.05) is 57.3 Å².